The average molecular weight is 244 g/mol. The number of nitrogens with one attached hydrogen (secondary N) is 2. The van der Waals surface area contributed by atoms with Crippen LogP contribution in [0.4, 0.5) is 4.79 Å². The molecule has 2 amide bonds. The first-order valence-electron chi connectivity index (χ1n) is 5.90. The second kappa shape index (κ2) is 5.86. The molecule has 1 saturated heterocycles. The van der Waals surface area contributed by atoms with Crippen LogP contribution in [0.25, 0.3) is 0 Å². The molecule has 2 unspecified atom stereocenters. The van der Waals surface area contributed by atoms with E-state index in [2.05, 4.69) is 10.6 Å². The molecule has 0 saturated carbocycles. The molecule has 0 aromatic rings. The summed E-state index contributed by atoms with van der Waals surface area (Å²) in [6, 6.07) is -0.410. The molecule has 17 heavy (non-hydrogen) atoms. The van der Waals surface area contributed by atoms with E-state index < -0.39 is 17.5 Å². The van der Waals surface area contributed by atoms with Crippen LogP contribution in [-0.2, 0) is 9.53 Å². The molecule has 2 atom stereocenters. The molecule has 0 radical (unpaired) electrons. The van der Waals surface area contributed by atoms with Crippen LogP contribution in [0.1, 0.15) is 33.1 Å². The van der Waals surface area contributed by atoms with E-state index in [1.54, 1.807) is 0 Å². The van der Waals surface area contributed by atoms with Crippen molar-refractivity contribution in [2.45, 2.75) is 44.7 Å². The van der Waals surface area contributed by atoms with Crippen molar-refractivity contribution in [3.05, 3.63) is 0 Å². The first-order valence-corrected chi connectivity index (χ1v) is 5.90. The lowest BCUT2D eigenvalue weighted by atomic mass is 9.99. The molecule has 0 spiro atoms. The number of carboxylic acid groups (broad SMARTS) is 1. The molecule has 0 bridgehead atoms. The van der Waals surface area contributed by atoms with Crippen LogP contribution in [0.5, 0.6) is 0 Å². The highest BCUT2D eigenvalue weighted by atomic mass is 16.5. The van der Waals surface area contributed by atoms with Gasteiger partial charge in [0.15, 0.2) is 5.54 Å². The van der Waals surface area contributed by atoms with Crippen molar-refractivity contribution in [3.63, 3.8) is 0 Å². The normalized spacial score (nSPS) is 25.3. The third-order valence-corrected chi connectivity index (χ3v) is 2.88. The Bertz CT molecular complexity index is 287. The van der Waals surface area contributed by atoms with E-state index in [-0.39, 0.29) is 12.6 Å². The van der Waals surface area contributed by atoms with E-state index in [9.17, 15) is 9.59 Å². The second-order valence-corrected chi connectivity index (χ2v) is 4.48. The van der Waals surface area contributed by atoms with Crippen molar-refractivity contribution in [2.75, 3.05) is 13.2 Å². The first-order chi connectivity index (χ1) is 8.00. The third kappa shape index (κ3) is 3.59. The first kappa shape index (κ1) is 13.8. The standard InChI is InChI=1S/C11H20N2O4/c1-3-4-8(2)12-10(16)13-11(9(14)15)5-6-17-7-11/h8H,3-7H2,1-2H3,(H,14,15)(H2,12,13,16). The summed E-state index contributed by atoms with van der Waals surface area (Å²) in [6.07, 6.45) is 2.14. The Hall–Kier alpha value is -1.30. The molecule has 6 heteroatoms. The van der Waals surface area contributed by atoms with E-state index in [0.29, 0.717) is 13.0 Å². The van der Waals surface area contributed by atoms with E-state index in [0.717, 1.165) is 12.8 Å². The molecule has 0 aromatic heterocycles. The molecule has 1 fully saturated rings. The van der Waals surface area contributed by atoms with Gasteiger partial charge in [-0.05, 0) is 13.3 Å². The lowest BCUT2D eigenvalue weighted by Crippen LogP contribution is -2.58. The van der Waals surface area contributed by atoms with Crippen molar-refractivity contribution in [1.82, 2.24) is 10.6 Å². The largest absolute Gasteiger partial charge is 0.479 e. The van der Waals surface area contributed by atoms with Crippen molar-refractivity contribution in [1.29, 1.82) is 0 Å². The molecule has 98 valence electrons. The van der Waals surface area contributed by atoms with Gasteiger partial charge in [-0.25, -0.2) is 9.59 Å². The van der Waals surface area contributed by atoms with Gasteiger partial charge in [-0.1, -0.05) is 13.3 Å². The highest BCUT2D eigenvalue weighted by Gasteiger charge is 2.44. The fraction of sp³-hybridized carbons (Fsp3) is 0.818. The van der Waals surface area contributed by atoms with Crippen molar-refractivity contribution in [3.8, 4) is 0 Å². The fourth-order valence-electron chi connectivity index (χ4n) is 1.87. The number of amides is 2. The predicted molar refractivity (Wildman–Crippen MR) is 61.8 cm³/mol. The highest BCUT2D eigenvalue weighted by Crippen LogP contribution is 2.18. The molecular weight excluding hydrogens is 224 g/mol. The summed E-state index contributed by atoms with van der Waals surface area (Å²) >= 11 is 0. The van der Waals surface area contributed by atoms with Gasteiger partial charge in [0.25, 0.3) is 0 Å². The minimum absolute atomic E-state index is 0.0257. The summed E-state index contributed by atoms with van der Waals surface area (Å²) in [5.41, 5.74) is -1.27. The topological polar surface area (TPSA) is 87.7 Å². The quantitative estimate of drug-likeness (QED) is 0.665. The number of carboxylic acids is 1. The number of rotatable bonds is 5. The summed E-state index contributed by atoms with van der Waals surface area (Å²) in [4.78, 5) is 22.8. The smallest absolute Gasteiger partial charge is 0.332 e. The minimum atomic E-state index is -1.27. The number of ether oxygens (including phenoxy) is 1. The SMILES string of the molecule is CCCC(C)NC(=O)NC1(C(=O)O)CCOC1. The summed E-state index contributed by atoms with van der Waals surface area (Å²) in [5.74, 6) is -1.05. The van der Waals surface area contributed by atoms with Gasteiger partial charge in [-0.3, -0.25) is 0 Å². The zero-order valence-corrected chi connectivity index (χ0v) is 10.3. The molecule has 0 aromatic carbocycles. The molecule has 1 aliphatic rings. The fourth-order valence-corrected chi connectivity index (χ4v) is 1.87. The summed E-state index contributed by atoms with van der Waals surface area (Å²) in [7, 11) is 0. The molecule has 0 aliphatic carbocycles. The highest BCUT2D eigenvalue weighted by molar-refractivity contribution is 5.86. The van der Waals surface area contributed by atoms with Crippen LogP contribution in [0.3, 0.4) is 0 Å². The van der Waals surface area contributed by atoms with Crippen molar-refractivity contribution >= 4 is 12.0 Å². The van der Waals surface area contributed by atoms with E-state index in [1.807, 2.05) is 13.8 Å². The number of hydrogen-bond donors (Lipinski definition) is 3. The average Bonchev–Trinajstić information content (AvgIpc) is 2.67. The van der Waals surface area contributed by atoms with Gasteiger partial charge >= 0.3 is 12.0 Å². The molecular formula is C11H20N2O4. The lowest BCUT2D eigenvalue weighted by Gasteiger charge is -2.25. The van der Waals surface area contributed by atoms with Gasteiger partial charge in [0, 0.05) is 19.1 Å². The van der Waals surface area contributed by atoms with Crippen LogP contribution < -0.4 is 10.6 Å². The van der Waals surface area contributed by atoms with Gasteiger partial charge in [-0.15, -0.1) is 0 Å². The molecule has 6 nitrogen and oxygen atoms in total. The van der Waals surface area contributed by atoms with Gasteiger partial charge in [0.05, 0.1) is 6.61 Å². The third-order valence-electron chi connectivity index (χ3n) is 2.88. The number of carbonyl (C=O) groups is 2. The van der Waals surface area contributed by atoms with Crippen LogP contribution >= 0.6 is 0 Å². The van der Waals surface area contributed by atoms with Crippen LogP contribution in [0.2, 0.25) is 0 Å². The minimum Gasteiger partial charge on any atom is -0.479 e. The molecule has 1 rings (SSSR count). The number of hydrogen-bond acceptors (Lipinski definition) is 3. The maximum Gasteiger partial charge on any atom is 0.332 e. The second-order valence-electron chi connectivity index (χ2n) is 4.48. The Morgan fingerprint density at radius 1 is 1.53 bits per heavy atom. The Morgan fingerprint density at radius 3 is 2.71 bits per heavy atom. The van der Waals surface area contributed by atoms with E-state index in [1.165, 1.54) is 0 Å². The number of urea groups is 1. The predicted octanol–water partition coefficient (Wildman–Crippen LogP) is 0.718. The molecule has 3 N–H and O–H groups in total. The van der Waals surface area contributed by atoms with Crippen LogP contribution in [0, 0.1) is 0 Å². The van der Waals surface area contributed by atoms with Crippen molar-refractivity contribution < 1.29 is 19.4 Å². The Balaban J connectivity index is 2.51. The maximum absolute atomic E-state index is 11.7. The summed E-state index contributed by atoms with van der Waals surface area (Å²) in [5, 5.41) is 14.4. The van der Waals surface area contributed by atoms with Crippen LogP contribution in [0.15, 0.2) is 0 Å². The van der Waals surface area contributed by atoms with Gasteiger partial charge in [0.1, 0.15) is 0 Å². The molecule has 1 heterocycles. The monoisotopic (exact) mass is 244 g/mol. The molecule has 1 aliphatic heterocycles. The zero-order valence-electron chi connectivity index (χ0n) is 10.3. The maximum atomic E-state index is 11.7. The lowest BCUT2D eigenvalue weighted by molar-refractivity contribution is -0.144. The van der Waals surface area contributed by atoms with Crippen LogP contribution in [-0.4, -0.2) is 41.9 Å². The van der Waals surface area contributed by atoms with Gasteiger partial charge in [0.2, 0.25) is 0 Å². The number of carbonyl (C=O) groups excluding carboxylic acids is 1. The van der Waals surface area contributed by atoms with Gasteiger partial charge < -0.3 is 20.5 Å². The Morgan fingerprint density at radius 2 is 2.24 bits per heavy atom. The zero-order chi connectivity index (χ0) is 12.9. The van der Waals surface area contributed by atoms with E-state index in [4.69, 9.17) is 9.84 Å². The number of aliphatic carboxylic acids is 1. The van der Waals surface area contributed by atoms with Crippen molar-refractivity contribution in [2.24, 2.45) is 0 Å². The van der Waals surface area contributed by atoms with Gasteiger partial charge in [-0.2, -0.15) is 0 Å². The summed E-state index contributed by atoms with van der Waals surface area (Å²) < 4.78 is 5.05. The summed E-state index contributed by atoms with van der Waals surface area (Å²) in [6.45, 7) is 4.30. The Labute approximate surface area is 101 Å². The van der Waals surface area contributed by atoms with E-state index >= 15 is 0 Å². The Kier molecular flexibility index (Phi) is 4.74.